The lowest BCUT2D eigenvalue weighted by Gasteiger charge is -2.28. The first-order valence-corrected chi connectivity index (χ1v) is 7.46. The van der Waals surface area contributed by atoms with Crippen LogP contribution < -0.4 is 5.32 Å². The Balaban J connectivity index is 2.64. The number of nitrogens with one attached hydrogen (secondary N) is 1. The Morgan fingerprint density at radius 2 is 1.80 bits per heavy atom. The summed E-state index contributed by atoms with van der Waals surface area (Å²) >= 11 is 0. The summed E-state index contributed by atoms with van der Waals surface area (Å²) in [7, 11) is 2.00. The predicted molar refractivity (Wildman–Crippen MR) is 86.3 cm³/mol. The molecule has 0 radical (unpaired) electrons. The molecule has 1 N–H and O–H groups in total. The van der Waals surface area contributed by atoms with Gasteiger partial charge in [-0.1, -0.05) is 46.8 Å². The minimum Gasteiger partial charge on any atom is -0.459 e. The number of furan rings is 1. The molecule has 0 aliphatic rings. The highest BCUT2D eigenvalue weighted by Gasteiger charge is 2.28. The Bertz CT molecular complexity index is 602. The molecule has 110 valence electrons. The highest BCUT2D eigenvalue weighted by molar-refractivity contribution is 5.85. The van der Waals surface area contributed by atoms with Crippen LogP contribution in [0.15, 0.2) is 22.6 Å². The summed E-state index contributed by atoms with van der Waals surface area (Å²) < 4.78 is 6.26. The van der Waals surface area contributed by atoms with Crippen LogP contribution >= 0.6 is 0 Å². The van der Waals surface area contributed by atoms with Crippen molar-refractivity contribution in [1.82, 2.24) is 5.32 Å². The molecule has 0 saturated carbocycles. The maximum absolute atomic E-state index is 6.26. The molecular weight excluding hydrogens is 246 g/mol. The van der Waals surface area contributed by atoms with Crippen molar-refractivity contribution in [3.8, 4) is 0 Å². The molecule has 0 bridgehead atoms. The van der Waals surface area contributed by atoms with Crippen molar-refractivity contribution in [2.75, 3.05) is 7.05 Å². The van der Waals surface area contributed by atoms with Crippen LogP contribution in [0.1, 0.15) is 63.5 Å². The smallest absolute Gasteiger partial charge is 0.138 e. The third-order valence-corrected chi connectivity index (χ3v) is 4.01. The average Bonchev–Trinajstić information content (AvgIpc) is 2.73. The van der Waals surface area contributed by atoms with Crippen molar-refractivity contribution in [2.24, 2.45) is 5.41 Å². The number of fused-ring (bicyclic) bond motifs is 1. The molecule has 2 rings (SSSR count). The van der Waals surface area contributed by atoms with Crippen LogP contribution in [0.4, 0.5) is 0 Å². The first-order valence-electron chi connectivity index (χ1n) is 7.46. The summed E-state index contributed by atoms with van der Waals surface area (Å²) in [5.41, 5.74) is 3.75. The molecule has 0 aliphatic heterocycles. The summed E-state index contributed by atoms with van der Waals surface area (Å²) in [6.45, 7) is 13.3. The fraction of sp³-hybridized carbons (Fsp3) is 0.556. The van der Waals surface area contributed by atoms with Gasteiger partial charge in [-0.3, -0.25) is 0 Å². The monoisotopic (exact) mass is 273 g/mol. The Morgan fingerprint density at radius 3 is 2.30 bits per heavy atom. The number of benzene rings is 1. The highest BCUT2D eigenvalue weighted by atomic mass is 16.3. The van der Waals surface area contributed by atoms with E-state index in [0.29, 0.717) is 5.92 Å². The number of aryl methyl sites for hydroxylation is 1. The van der Waals surface area contributed by atoms with Crippen LogP contribution in [0.25, 0.3) is 11.0 Å². The maximum atomic E-state index is 6.26. The van der Waals surface area contributed by atoms with E-state index >= 15 is 0 Å². The molecule has 0 saturated heterocycles. The fourth-order valence-electron chi connectivity index (χ4n) is 2.90. The molecule has 20 heavy (non-hydrogen) atoms. The number of rotatable bonds is 3. The van der Waals surface area contributed by atoms with Crippen LogP contribution in [0.3, 0.4) is 0 Å². The van der Waals surface area contributed by atoms with Gasteiger partial charge < -0.3 is 9.73 Å². The number of hydrogen-bond donors (Lipinski definition) is 1. The van der Waals surface area contributed by atoms with Gasteiger partial charge in [0, 0.05) is 5.39 Å². The Hall–Kier alpha value is -1.28. The lowest BCUT2D eigenvalue weighted by atomic mass is 9.85. The molecule has 1 atom stereocenters. The largest absolute Gasteiger partial charge is 0.459 e. The summed E-state index contributed by atoms with van der Waals surface area (Å²) in [6, 6.07) is 6.82. The van der Waals surface area contributed by atoms with Crippen molar-refractivity contribution in [3.05, 3.63) is 35.1 Å². The quantitative estimate of drug-likeness (QED) is 0.834. The van der Waals surface area contributed by atoms with Crippen LogP contribution in [0.2, 0.25) is 0 Å². The van der Waals surface area contributed by atoms with Gasteiger partial charge in [0.05, 0.1) is 6.04 Å². The lowest BCUT2D eigenvalue weighted by Crippen LogP contribution is -2.29. The Morgan fingerprint density at radius 1 is 1.15 bits per heavy atom. The maximum Gasteiger partial charge on any atom is 0.138 e. The summed E-state index contributed by atoms with van der Waals surface area (Å²) in [4.78, 5) is 0. The van der Waals surface area contributed by atoms with Gasteiger partial charge in [0.25, 0.3) is 0 Å². The molecule has 2 nitrogen and oxygen atoms in total. The fourth-order valence-corrected chi connectivity index (χ4v) is 2.90. The first-order chi connectivity index (χ1) is 9.25. The third kappa shape index (κ3) is 2.62. The van der Waals surface area contributed by atoms with Gasteiger partial charge in [-0.25, -0.2) is 0 Å². The second-order valence-corrected chi connectivity index (χ2v) is 7.11. The highest BCUT2D eigenvalue weighted by Crippen LogP contribution is 2.38. The van der Waals surface area contributed by atoms with Crippen molar-refractivity contribution in [1.29, 1.82) is 0 Å². The van der Waals surface area contributed by atoms with E-state index in [9.17, 15) is 0 Å². The normalized spacial score (nSPS) is 14.2. The summed E-state index contributed by atoms with van der Waals surface area (Å²) in [6.07, 6.45) is 0. The standard InChI is InChI=1S/C18H27NO/c1-11(2)13-9-8-12(3)14-10-15(20-16(13)14)17(19-7)18(4,5)6/h8-11,17,19H,1-7H3. The minimum absolute atomic E-state index is 0.120. The molecule has 0 fully saturated rings. The minimum atomic E-state index is 0.120. The van der Waals surface area contributed by atoms with E-state index in [-0.39, 0.29) is 11.5 Å². The first kappa shape index (κ1) is 15.1. The Labute approximate surface area is 122 Å². The molecule has 1 unspecified atom stereocenters. The van der Waals surface area contributed by atoms with E-state index in [4.69, 9.17) is 4.42 Å². The molecule has 0 spiro atoms. The van der Waals surface area contributed by atoms with Crippen molar-refractivity contribution >= 4 is 11.0 Å². The zero-order valence-corrected chi connectivity index (χ0v) is 13.8. The second-order valence-electron chi connectivity index (χ2n) is 7.11. The van der Waals surface area contributed by atoms with Crippen molar-refractivity contribution in [3.63, 3.8) is 0 Å². The van der Waals surface area contributed by atoms with Gasteiger partial charge in [0.1, 0.15) is 11.3 Å². The molecule has 2 aromatic rings. The molecular formula is C18H27NO. The van der Waals surface area contributed by atoms with Gasteiger partial charge in [-0.05, 0) is 42.5 Å². The summed E-state index contributed by atoms with van der Waals surface area (Å²) in [5.74, 6) is 1.51. The Kier molecular flexibility index (Phi) is 3.97. The molecule has 1 aromatic carbocycles. The second kappa shape index (κ2) is 5.25. The number of hydrogen-bond acceptors (Lipinski definition) is 2. The van der Waals surface area contributed by atoms with Gasteiger partial charge in [-0.15, -0.1) is 0 Å². The molecule has 0 amide bonds. The topological polar surface area (TPSA) is 25.2 Å². The average molecular weight is 273 g/mol. The van der Waals surface area contributed by atoms with E-state index in [2.05, 4.69) is 65.1 Å². The van der Waals surface area contributed by atoms with Crippen molar-refractivity contribution in [2.45, 2.75) is 53.5 Å². The predicted octanol–water partition coefficient (Wildman–Crippen LogP) is 5.17. The van der Waals surface area contributed by atoms with Crippen LogP contribution in [-0.4, -0.2) is 7.05 Å². The lowest BCUT2D eigenvalue weighted by molar-refractivity contribution is 0.253. The van der Waals surface area contributed by atoms with E-state index in [1.165, 1.54) is 16.5 Å². The van der Waals surface area contributed by atoms with Gasteiger partial charge in [0.2, 0.25) is 0 Å². The van der Waals surface area contributed by atoms with E-state index < -0.39 is 0 Å². The molecule has 2 heteroatoms. The van der Waals surface area contributed by atoms with E-state index in [1.807, 2.05) is 7.05 Å². The SMILES string of the molecule is CNC(c1cc2c(C)ccc(C(C)C)c2o1)C(C)(C)C. The van der Waals surface area contributed by atoms with Gasteiger partial charge in [0.15, 0.2) is 0 Å². The summed E-state index contributed by atoms with van der Waals surface area (Å²) in [5, 5.41) is 4.64. The van der Waals surface area contributed by atoms with Gasteiger partial charge in [-0.2, -0.15) is 0 Å². The van der Waals surface area contributed by atoms with Gasteiger partial charge >= 0.3 is 0 Å². The van der Waals surface area contributed by atoms with Crippen LogP contribution in [-0.2, 0) is 0 Å². The van der Waals surface area contributed by atoms with E-state index in [1.54, 1.807) is 0 Å². The molecule has 1 heterocycles. The van der Waals surface area contributed by atoms with Crippen LogP contribution in [0, 0.1) is 12.3 Å². The molecule has 0 aliphatic carbocycles. The zero-order valence-electron chi connectivity index (χ0n) is 13.8. The van der Waals surface area contributed by atoms with Crippen LogP contribution in [0.5, 0.6) is 0 Å². The third-order valence-electron chi connectivity index (χ3n) is 4.01. The van der Waals surface area contributed by atoms with E-state index in [0.717, 1.165) is 11.3 Å². The zero-order chi connectivity index (χ0) is 15.1. The molecule has 1 aromatic heterocycles. The van der Waals surface area contributed by atoms with Crippen molar-refractivity contribution < 1.29 is 4.42 Å².